The van der Waals surface area contributed by atoms with E-state index in [0.717, 1.165) is 17.7 Å². The number of thioether (sulfide) groups is 1. The van der Waals surface area contributed by atoms with Gasteiger partial charge < -0.3 is 5.32 Å². The minimum Gasteiger partial charge on any atom is -0.313 e. The molecule has 14 heavy (non-hydrogen) atoms. The van der Waals surface area contributed by atoms with Gasteiger partial charge in [0.05, 0.1) is 0 Å². The van der Waals surface area contributed by atoms with Gasteiger partial charge in [0.15, 0.2) is 0 Å². The van der Waals surface area contributed by atoms with Crippen molar-refractivity contribution in [1.82, 2.24) is 5.32 Å². The van der Waals surface area contributed by atoms with Gasteiger partial charge in [-0.25, -0.2) is 0 Å². The molecule has 0 saturated heterocycles. The van der Waals surface area contributed by atoms with Gasteiger partial charge in [-0.3, -0.25) is 0 Å². The molecule has 0 amide bonds. The van der Waals surface area contributed by atoms with Crippen LogP contribution in [-0.2, 0) is 0 Å². The van der Waals surface area contributed by atoms with Crippen LogP contribution < -0.4 is 5.32 Å². The lowest BCUT2D eigenvalue weighted by molar-refractivity contribution is 0.460. The predicted octanol–water partition coefficient (Wildman–Crippen LogP) is 3.54. The molecule has 0 saturated carbocycles. The maximum absolute atomic E-state index is 3.57. The van der Waals surface area contributed by atoms with E-state index < -0.39 is 0 Å². The van der Waals surface area contributed by atoms with E-state index in [9.17, 15) is 0 Å². The molecule has 0 fully saturated rings. The zero-order chi connectivity index (χ0) is 11.0. The summed E-state index contributed by atoms with van der Waals surface area (Å²) in [5.74, 6) is 2.08. The third-order valence-electron chi connectivity index (χ3n) is 2.22. The van der Waals surface area contributed by atoms with Crippen LogP contribution in [0.5, 0.6) is 0 Å². The van der Waals surface area contributed by atoms with Crippen molar-refractivity contribution in [2.75, 3.05) is 12.3 Å². The first-order chi connectivity index (χ1) is 6.52. The second-order valence-corrected chi connectivity index (χ2v) is 6.43. The monoisotopic (exact) mass is 217 g/mol. The zero-order valence-corrected chi connectivity index (χ0v) is 11.3. The van der Waals surface area contributed by atoms with Crippen molar-refractivity contribution in [3.63, 3.8) is 0 Å². The number of hydrogen-bond acceptors (Lipinski definition) is 2. The molecule has 0 bridgehead atoms. The Kier molecular flexibility index (Phi) is 8.80. The predicted molar refractivity (Wildman–Crippen MR) is 69.1 cm³/mol. The van der Waals surface area contributed by atoms with E-state index in [1.807, 2.05) is 11.8 Å². The summed E-state index contributed by atoms with van der Waals surface area (Å²) in [6.07, 6.45) is 2.65. The largest absolute Gasteiger partial charge is 0.313 e. The highest BCUT2D eigenvalue weighted by molar-refractivity contribution is 7.99. The lowest BCUT2D eigenvalue weighted by Crippen LogP contribution is -2.28. The van der Waals surface area contributed by atoms with Crippen LogP contribution in [0.1, 0.15) is 47.5 Å². The second kappa shape index (κ2) is 8.60. The third kappa shape index (κ3) is 10.4. The molecule has 0 radical (unpaired) electrons. The van der Waals surface area contributed by atoms with Crippen LogP contribution in [0.2, 0.25) is 0 Å². The Bertz CT molecular complexity index is 123. The van der Waals surface area contributed by atoms with Crippen molar-refractivity contribution in [2.45, 2.75) is 58.8 Å². The van der Waals surface area contributed by atoms with Crippen LogP contribution in [0.25, 0.3) is 0 Å². The molecule has 0 rings (SSSR count). The standard InChI is InChI=1S/C12H27NS/c1-10(2)6-7-12(5)13-8-9-14-11(3)4/h10-13H,6-9H2,1-5H3. The highest BCUT2D eigenvalue weighted by atomic mass is 32.2. The summed E-state index contributed by atoms with van der Waals surface area (Å²) >= 11 is 2.04. The summed E-state index contributed by atoms with van der Waals surface area (Å²) in [6.45, 7) is 12.5. The van der Waals surface area contributed by atoms with Crippen molar-refractivity contribution < 1.29 is 0 Å². The maximum atomic E-state index is 3.57. The molecular weight excluding hydrogens is 190 g/mol. The zero-order valence-electron chi connectivity index (χ0n) is 10.5. The second-order valence-electron chi connectivity index (χ2n) is 4.75. The fourth-order valence-corrected chi connectivity index (χ4v) is 1.99. The van der Waals surface area contributed by atoms with E-state index in [2.05, 4.69) is 39.9 Å². The van der Waals surface area contributed by atoms with Crippen LogP contribution in [0.3, 0.4) is 0 Å². The molecule has 0 aliphatic carbocycles. The summed E-state index contributed by atoms with van der Waals surface area (Å²) in [5.41, 5.74) is 0. The lowest BCUT2D eigenvalue weighted by Gasteiger charge is -2.15. The van der Waals surface area contributed by atoms with Crippen LogP contribution in [0.15, 0.2) is 0 Å². The Morgan fingerprint density at radius 1 is 1.00 bits per heavy atom. The fourth-order valence-electron chi connectivity index (χ4n) is 1.29. The molecule has 1 N–H and O–H groups in total. The van der Waals surface area contributed by atoms with Gasteiger partial charge in [-0.05, 0) is 30.9 Å². The van der Waals surface area contributed by atoms with Crippen molar-refractivity contribution in [1.29, 1.82) is 0 Å². The topological polar surface area (TPSA) is 12.0 Å². The molecule has 0 spiro atoms. The highest BCUT2D eigenvalue weighted by Crippen LogP contribution is 2.08. The average molecular weight is 217 g/mol. The molecule has 2 heteroatoms. The first-order valence-corrected chi connectivity index (χ1v) is 6.92. The van der Waals surface area contributed by atoms with Crippen molar-refractivity contribution >= 4 is 11.8 Å². The van der Waals surface area contributed by atoms with Crippen LogP contribution in [0.4, 0.5) is 0 Å². The summed E-state index contributed by atoms with van der Waals surface area (Å²) in [5, 5.41) is 4.34. The summed E-state index contributed by atoms with van der Waals surface area (Å²) in [7, 11) is 0. The Hall–Kier alpha value is 0.310. The number of hydrogen-bond donors (Lipinski definition) is 1. The molecule has 0 aromatic rings. The van der Waals surface area contributed by atoms with E-state index in [1.165, 1.54) is 18.6 Å². The molecular formula is C12H27NS. The minimum atomic E-state index is 0.685. The van der Waals surface area contributed by atoms with E-state index in [-0.39, 0.29) is 0 Å². The van der Waals surface area contributed by atoms with Crippen LogP contribution in [-0.4, -0.2) is 23.6 Å². The van der Waals surface area contributed by atoms with Gasteiger partial charge in [0.25, 0.3) is 0 Å². The summed E-state index contributed by atoms with van der Waals surface area (Å²) in [4.78, 5) is 0. The highest BCUT2D eigenvalue weighted by Gasteiger charge is 2.02. The van der Waals surface area contributed by atoms with Gasteiger partial charge in [-0.15, -0.1) is 0 Å². The molecule has 0 heterocycles. The van der Waals surface area contributed by atoms with E-state index in [4.69, 9.17) is 0 Å². The third-order valence-corrected chi connectivity index (χ3v) is 3.33. The van der Waals surface area contributed by atoms with E-state index >= 15 is 0 Å². The van der Waals surface area contributed by atoms with Gasteiger partial charge >= 0.3 is 0 Å². The van der Waals surface area contributed by atoms with Gasteiger partial charge in [-0.1, -0.05) is 27.7 Å². The van der Waals surface area contributed by atoms with Gasteiger partial charge in [0.2, 0.25) is 0 Å². The van der Waals surface area contributed by atoms with E-state index in [0.29, 0.717) is 6.04 Å². The summed E-state index contributed by atoms with van der Waals surface area (Å²) in [6, 6.07) is 0.685. The number of nitrogens with one attached hydrogen (secondary N) is 1. The molecule has 0 aromatic carbocycles. The number of rotatable bonds is 8. The summed E-state index contributed by atoms with van der Waals surface area (Å²) < 4.78 is 0. The maximum Gasteiger partial charge on any atom is 0.00607 e. The molecule has 1 nitrogen and oxygen atoms in total. The molecule has 1 unspecified atom stereocenters. The normalized spacial score (nSPS) is 13.9. The Labute approximate surface area is 94.4 Å². The lowest BCUT2D eigenvalue weighted by atomic mass is 10.0. The molecule has 86 valence electrons. The van der Waals surface area contributed by atoms with Gasteiger partial charge in [-0.2, -0.15) is 11.8 Å². The average Bonchev–Trinajstić information content (AvgIpc) is 2.08. The van der Waals surface area contributed by atoms with Gasteiger partial charge in [0.1, 0.15) is 0 Å². The van der Waals surface area contributed by atoms with Crippen molar-refractivity contribution in [2.24, 2.45) is 5.92 Å². The fraction of sp³-hybridized carbons (Fsp3) is 1.00. The van der Waals surface area contributed by atoms with Gasteiger partial charge in [0, 0.05) is 18.3 Å². The SMILES string of the molecule is CC(C)CCC(C)NCCSC(C)C. The quantitative estimate of drug-likeness (QED) is 0.624. The molecule has 0 aliphatic rings. The molecule has 0 aromatic heterocycles. The smallest absolute Gasteiger partial charge is 0.00607 e. The van der Waals surface area contributed by atoms with Crippen LogP contribution in [0, 0.1) is 5.92 Å². The first kappa shape index (κ1) is 14.3. The van der Waals surface area contributed by atoms with E-state index in [1.54, 1.807) is 0 Å². The Morgan fingerprint density at radius 3 is 2.14 bits per heavy atom. The molecule has 0 aliphatic heterocycles. The Balaban J connectivity index is 3.22. The van der Waals surface area contributed by atoms with Crippen molar-refractivity contribution in [3.8, 4) is 0 Å². The van der Waals surface area contributed by atoms with Crippen LogP contribution >= 0.6 is 11.8 Å². The Morgan fingerprint density at radius 2 is 1.64 bits per heavy atom. The minimum absolute atomic E-state index is 0.685. The van der Waals surface area contributed by atoms with Crippen molar-refractivity contribution in [3.05, 3.63) is 0 Å². The first-order valence-electron chi connectivity index (χ1n) is 5.87. The molecule has 1 atom stereocenters.